The molecule has 25 heavy (non-hydrogen) atoms. The summed E-state index contributed by atoms with van der Waals surface area (Å²) in [7, 11) is -7.39. The van der Waals surface area contributed by atoms with E-state index < -0.39 is 30.8 Å². The van der Waals surface area contributed by atoms with E-state index >= 15 is 0 Å². The molecule has 9 heteroatoms. The quantitative estimate of drug-likeness (QED) is 0.873. The maximum Gasteiger partial charge on any atom is 0.264 e. The topological polar surface area (TPSA) is 83.6 Å². The average Bonchev–Trinajstić information content (AvgIpc) is 2.53. The zero-order valence-electron chi connectivity index (χ0n) is 13.4. The first-order valence-corrected chi connectivity index (χ1v) is 10.8. The van der Waals surface area contributed by atoms with Gasteiger partial charge in [-0.05, 0) is 41.8 Å². The maximum atomic E-state index is 13.8. The third kappa shape index (κ3) is 3.83. The predicted octanol–water partition coefficient (Wildman–Crippen LogP) is 1.94. The summed E-state index contributed by atoms with van der Waals surface area (Å²) in [6.07, 6.45) is 1.70. The molecule has 2 aromatic carbocycles. The number of hydrogen-bond donors (Lipinski definition) is 1. The van der Waals surface area contributed by atoms with Gasteiger partial charge >= 0.3 is 0 Å². The van der Waals surface area contributed by atoms with Crippen molar-refractivity contribution in [2.24, 2.45) is 0 Å². The number of fused-ring (bicyclic) bond motifs is 1. The second-order valence-corrected chi connectivity index (χ2v) is 9.50. The van der Waals surface area contributed by atoms with Crippen LogP contribution in [0.2, 0.25) is 0 Å². The van der Waals surface area contributed by atoms with Gasteiger partial charge in [0.2, 0.25) is 10.0 Å². The van der Waals surface area contributed by atoms with Crippen LogP contribution < -0.4 is 4.72 Å². The largest absolute Gasteiger partial charge is 0.280 e. The highest BCUT2D eigenvalue weighted by molar-refractivity contribution is 7.92. The Kier molecular flexibility index (Phi) is 4.56. The Labute approximate surface area is 146 Å². The number of rotatable bonds is 4. The summed E-state index contributed by atoms with van der Waals surface area (Å²) in [5.74, 6) is -0.837. The minimum Gasteiger partial charge on any atom is -0.280 e. The number of benzene rings is 2. The molecular weight excluding hydrogens is 367 g/mol. The minimum absolute atomic E-state index is 0.184. The van der Waals surface area contributed by atoms with Crippen molar-refractivity contribution in [2.75, 3.05) is 17.5 Å². The summed E-state index contributed by atoms with van der Waals surface area (Å²) >= 11 is 0. The number of nitrogens with one attached hydrogen (secondary N) is 1. The van der Waals surface area contributed by atoms with E-state index in [9.17, 15) is 21.2 Å². The summed E-state index contributed by atoms with van der Waals surface area (Å²) in [5, 5.41) is 0. The molecule has 2 aromatic rings. The van der Waals surface area contributed by atoms with Crippen LogP contribution >= 0.6 is 0 Å². The molecule has 1 N–H and O–H groups in total. The Morgan fingerprint density at radius 1 is 1.04 bits per heavy atom. The van der Waals surface area contributed by atoms with Gasteiger partial charge in [-0.1, -0.05) is 18.2 Å². The van der Waals surface area contributed by atoms with Gasteiger partial charge in [0.15, 0.2) is 0 Å². The summed E-state index contributed by atoms with van der Waals surface area (Å²) in [6.45, 7) is 0.579. The molecule has 134 valence electrons. The van der Waals surface area contributed by atoms with Gasteiger partial charge in [-0.25, -0.2) is 21.2 Å². The summed E-state index contributed by atoms with van der Waals surface area (Å²) in [5.41, 5.74) is 1.96. The summed E-state index contributed by atoms with van der Waals surface area (Å²) in [4.78, 5) is -0.439. The van der Waals surface area contributed by atoms with E-state index in [-0.39, 0.29) is 12.2 Å². The Bertz CT molecular complexity index is 1020. The number of nitrogens with zero attached hydrogens (tertiary/aromatic N) is 1. The molecule has 0 spiro atoms. The molecule has 0 saturated carbocycles. The van der Waals surface area contributed by atoms with Crippen molar-refractivity contribution in [3.05, 3.63) is 59.4 Å². The van der Waals surface area contributed by atoms with Crippen molar-refractivity contribution < 1.29 is 21.2 Å². The van der Waals surface area contributed by atoms with E-state index in [0.29, 0.717) is 13.0 Å². The lowest BCUT2D eigenvalue weighted by atomic mass is 10.0. The molecule has 0 fully saturated rings. The molecule has 6 nitrogen and oxygen atoms in total. The molecule has 0 aromatic heterocycles. The van der Waals surface area contributed by atoms with E-state index in [1.807, 2.05) is 0 Å². The predicted molar refractivity (Wildman–Crippen MR) is 92.6 cm³/mol. The molecule has 1 aliphatic rings. The Morgan fingerprint density at radius 2 is 1.76 bits per heavy atom. The third-order valence-corrected chi connectivity index (χ3v) is 6.70. The molecule has 3 rings (SSSR count). The first-order chi connectivity index (χ1) is 11.7. The van der Waals surface area contributed by atoms with Gasteiger partial charge in [0.1, 0.15) is 10.7 Å². The standard InChI is InChI=1S/C16H17FN2O4S2/c1-24(20,21)19-9-8-12-6-7-14(10-13(12)11-19)18-25(22,23)16-5-3-2-4-15(16)17/h2-7,10,18H,8-9,11H2,1H3. The van der Waals surface area contributed by atoms with E-state index in [0.717, 1.165) is 23.4 Å². The van der Waals surface area contributed by atoms with Crippen LogP contribution in [0.1, 0.15) is 11.1 Å². The van der Waals surface area contributed by atoms with Gasteiger partial charge in [-0.15, -0.1) is 0 Å². The van der Waals surface area contributed by atoms with Crippen molar-refractivity contribution in [2.45, 2.75) is 17.9 Å². The fraction of sp³-hybridized carbons (Fsp3) is 0.250. The number of halogens is 1. The van der Waals surface area contributed by atoms with E-state index in [4.69, 9.17) is 0 Å². The highest BCUT2D eigenvalue weighted by atomic mass is 32.2. The second-order valence-electron chi connectivity index (χ2n) is 5.87. The normalized spacial score (nSPS) is 15.6. The van der Waals surface area contributed by atoms with Crippen molar-refractivity contribution in [3.8, 4) is 0 Å². The highest BCUT2D eigenvalue weighted by Crippen LogP contribution is 2.26. The van der Waals surface area contributed by atoms with Gasteiger partial charge < -0.3 is 0 Å². The third-order valence-electron chi connectivity index (χ3n) is 4.03. The zero-order chi connectivity index (χ0) is 18.2. The van der Waals surface area contributed by atoms with Crippen LogP contribution in [0, 0.1) is 5.82 Å². The lowest BCUT2D eigenvalue weighted by Crippen LogP contribution is -2.35. The molecule has 0 bridgehead atoms. The lowest BCUT2D eigenvalue weighted by molar-refractivity contribution is 0.395. The van der Waals surface area contributed by atoms with Crippen LogP contribution in [0.5, 0.6) is 0 Å². The molecule has 0 saturated heterocycles. The Hall–Kier alpha value is -1.97. The van der Waals surface area contributed by atoms with Crippen molar-refractivity contribution >= 4 is 25.7 Å². The molecular formula is C16H17FN2O4S2. The van der Waals surface area contributed by atoms with E-state index in [1.54, 1.807) is 18.2 Å². The first-order valence-electron chi connectivity index (χ1n) is 7.51. The van der Waals surface area contributed by atoms with Gasteiger partial charge in [0.05, 0.1) is 6.26 Å². The van der Waals surface area contributed by atoms with Gasteiger partial charge in [-0.2, -0.15) is 4.31 Å². The first kappa shape index (κ1) is 17.8. The lowest BCUT2D eigenvalue weighted by Gasteiger charge is -2.27. The molecule has 0 atom stereocenters. The van der Waals surface area contributed by atoms with Crippen molar-refractivity contribution in [1.82, 2.24) is 4.31 Å². The molecule has 0 radical (unpaired) electrons. The highest BCUT2D eigenvalue weighted by Gasteiger charge is 2.24. The van der Waals surface area contributed by atoms with Crippen LogP contribution in [-0.2, 0) is 33.0 Å². The van der Waals surface area contributed by atoms with Gasteiger partial charge in [0, 0.05) is 18.8 Å². The fourth-order valence-electron chi connectivity index (χ4n) is 2.75. The van der Waals surface area contributed by atoms with Gasteiger partial charge in [0.25, 0.3) is 10.0 Å². The summed E-state index contributed by atoms with van der Waals surface area (Å²) in [6, 6.07) is 10.0. The smallest absolute Gasteiger partial charge is 0.264 e. The minimum atomic E-state index is -4.07. The SMILES string of the molecule is CS(=O)(=O)N1CCc2ccc(NS(=O)(=O)c3ccccc3F)cc2C1. The van der Waals surface area contributed by atoms with Crippen LogP contribution in [0.4, 0.5) is 10.1 Å². The zero-order valence-corrected chi connectivity index (χ0v) is 15.1. The van der Waals surface area contributed by atoms with Gasteiger partial charge in [-0.3, -0.25) is 4.72 Å². The molecule has 0 amide bonds. The van der Waals surface area contributed by atoms with E-state index in [1.165, 1.54) is 22.5 Å². The van der Waals surface area contributed by atoms with Crippen LogP contribution in [-0.4, -0.2) is 33.9 Å². The average molecular weight is 384 g/mol. The van der Waals surface area contributed by atoms with Crippen LogP contribution in [0.25, 0.3) is 0 Å². The number of hydrogen-bond acceptors (Lipinski definition) is 4. The number of anilines is 1. The maximum absolute atomic E-state index is 13.8. The molecule has 1 heterocycles. The molecule has 0 unspecified atom stereocenters. The van der Waals surface area contributed by atoms with E-state index in [2.05, 4.69) is 4.72 Å². The summed E-state index contributed by atoms with van der Waals surface area (Å²) < 4.78 is 65.6. The molecule has 1 aliphatic heterocycles. The number of sulfonamides is 2. The second kappa shape index (κ2) is 6.40. The van der Waals surface area contributed by atoms with Crippen LogP contribution in [0.15, 0.2) is 47.4 Å². The van der Waals surface area contributed by atoms with Crippen molar-refractivity contribution in [1.29, 1.82) is 0 Å². The van der Waals surface area contributed by atoms with Crippen molar-refractivity contribution in [3.63, 3.8) is 0 Å². The fourth-order valence-corrected chi connectivity index (χ4v) is 4.68. The Balaban J connectivity index is 1.89. The van der Waals surface area contributed by atoms with Crippen LogP contribution in [0.3, 0.4) is 0 Å². The Morgan fingerprint density at radius 3 is 2.44 bits per heavy atom. The monoisotopic (exact) mass is 384 g/mol. The molecule has 0 aliphatic carbocycles.